The highest BCUT2D eigenvalue weighted by Gasteiger charge is 2.18. The highest BCUT2D eigenvalue weighted by molar-refractivity contribution is 5.97. The van der Waals surface area contributed by atoms with Crippen molar-refractivity contribution >= 4 is 5.91 Å². The van der Waals surface area contributed by atoms with Gasteiger partial charge in [0.25, 0.3) is 5.91 Å². The number of aromatic amines is 1. The van der Waals surface area contributed by atoms with Crippen molar-refractivity contribution < 1.29 is 4.79 Å². The van der Waals surface area contributed by atoms with Gasteiger partial charge in [-0.25, -0.2) is 0 Å². The lowest BCUT2D eigenvalue weighted by Crippen LogP contribution is -2.19. The molecule has 21 heavy (non-hydrogen) atoms. The molecule has 6 heteroatoms. The van der Waals surface area contributed by atoms with Crippen molar-refractivity contribution in [3.8, 4) is 11.3 Å². The summed E-state index contributed by atoms with van der Waals surface area (Å²) in [6.45, 7) is 4.00. The average Bonchev–Trinajstić information content (AvgIpc) is 2.95. The molecule has 2 rings (SSSR count). The first kappa shape index (κ1) is 15.2. The molecule has 2 aromatic rings. The summed E-state index contributed by atoms with van der Waals surface area (Å²) in [5, 5.41) is 10.4. The molecule has 3 N–H and O–H groups in total. The van der Waals surface area contributed by atoms with Gasteiger partial charge in [0.05, 0.1) is 0 Å². The highest BCUT2D eigenvalue weighted by Crippen LogP contribution is 2.24. The molecule has 112 valence electrons. The predicted octanol–water partition coefficient (Wildman–Crippen LogP) is 1.80. The minimum Gasteiger partial charge on any atom is -0.364 e. The fourth-order valence-electron chi connectivity index (χ4n) is 2.28. The lowest BCUT2D eigenvalue weighted by atomic mass is 10.0. The number of hydrogen-bond donors (Lipinski definition) is 2. The third-order valence-corrected chi connectivity index (χ3v) is 3.39. The molecule has 0 fully saturated rings. The lowest BCUT2D eigenvalue weighted by molar-refractivity contribution is 0.0996. The Balaban J connectivity index is 2.28. The fraction of sp³-hybridized carbons (Fsp3) is 0.400. The molecule has 6 nitrogen and oxygen atoms in total. The Kier molecular flexibility index (Phi) is 5.05. The molecule has 0 saturated heterocycles. The maximum Gasteiger partial charge on any atom is 0.271 e. The Morgan fingerprint density at radius 1 is 1.33 bits per heavy atom. The summed E-state index contributed by atoms with van der Waals surface area (Å²) in [6, 6.07) is 7.88. The number of carbonyl (C=O) groups excluding carboxylic acids is 1. The van der Waals surface area contributed by atoms with Gasteiger partial charge in [0, 0.05) is 12.1 Å². The molecule has 0 spiro atoms. The Hall–Kier alpha value is -2.21. The van der Waals surface area contributed by atoms with E-state index in [0.717, 1.165) is 30.6 Å². The molecule has 0 radical (unpaired) electrons. The molecule has 0 aliphatic rings. The monoisotopic (exact) mass is 287 g/mol. The molecule has 0 atom stereocenters. The minimum absolute atomic E-state index is 0.179. The van der Waals surface area contributed by atoms with Crippen LogP contribution in [0.5, 0.6) is 0 Å². The number of nitrogens with one attached hydrogen (secondary N) is 1. The van der Waals surface area contributed by atoms with Gasteiger partial charge in [-0.3, -0.25) is 4.79 Å². The number of primary amides is 1. The molecule has 1 heterocycles. The molecule has 1 amide bonds. The van der Waals surface area contributed by atoms with E-state index >= 15 is 0 Å². The van der Waals surface area contributed by atoms with Crippen molar-refractivity contribution in [2.24, 2.45) is 5.73 Å². The molecule has 0 bridgehead atoms. The largest absolute Gasteiger partial charge is 0.364 e. The first-order valence-electron chi connectivity index (χ1n) is 7.10. The molecule has 0 saturated carbocycles. The number of nitrogens with zero attached hydrogens (tertiary/aromatic N) is 3. The maximum absolute atomic E-state index is 11.4. The Bertz CT molecular complexity index is 608. The third kappa shape index (κ3) is 3.66. The minimum atomic E-state index is -0.576. The van der Waals surface area contributed by atoms with Crippen LogP contribution in [0.4, 0.5) is 0 Å². The lowest BCUT2D eigenvalue weighted by Gasteiger charge is -2.18. The van der Waals surface area contributed by atoms with E-state index in [0.29, 0.717) is 5.69 Å². The first-order valence-corrected chi connectivity index (χ1v) is 7.10. The van der Waals surface area contributed by atoms with E-state index in [4.69, 9.17) is 5.73 Å². The van der Waals surface area contributed by atoms with Gasteiger partial charge >= 0.3 is 0 Å². The quantitative estimate of drug-likeness (QED) is 0.813. The number of aromatic nitrogens is 3. The van der Waals surface area contributed by atoms with Crippen LogP contribution in [0, 0.1) is 0 Å². The summed E-state index contributed by atoms with van der Waals surface area (Å²) in [5.41, 5.74) is 8.03. The number of unbranched alkanes of at least 4 members (excludes halogenated alkanes) is 1. The number of H-pyrrole nitrogens is 1. The zero-order valence-electron chi connectivity index (χ0n) is 12.5. The van der Waals surface area contributed by atoms with Gasteiger partial charge < -0.3 is 10.6 Å². The second kappa shape index (κ2) is 6.99. The van der Waals surface area contributed by atoms with Crippen LogP contribution in [0.15, 0.2) is 24.3 Å². The van der Waals surface area contributed by atoms with E-state index in [1.165, 1.54) is 6.42 Å². The summed E-state index contributed by atoms with van der Waals surface area (Å²) in [7, 11) is 2.09. The van der Waals surface area contributed by atoms with Gasteiger partial charge in [0.15, 0.2) is 5.69 Å². The Morgan fingerprint density at radius 2 is 2.10 bits per heavy atom. The summed E-state index contributed by atoms with van der Waals surface area (Å²) in [5.74, 6) is -0.576. The van der Waals surface area contributed by atoms with Crippen LogP contribution in [0.2, 0.25) is 0 Å². The zero-order valence-corrected chi connectivity index (χ0v) is 12.5. The Labute approximate surface area is 124 Å². The highest BCUT2D eigenvalue weighted by atomic mass is 16.1. The van der Waals surface area contributed by atoms with Crippen molar-refractivity contribution in [3.63, 3.8) is 0 Å². The van der Waals surface area contributed by atoms with Gasteiger partial charge in [-0.1, -0.05) is 37.6 Å². The third-order valence-electron chi connectivity index (χ3n) is 3.39. The predicted molar refractivity (Wildman–Crippen MR) is 81.6 cm³/mol. The van der Waals surface area contributed by atoms with Gasteiger partial charge in [-0.2, -0.15) is 15.4 Å². The number of amides is 1. The summed E-state index contributed by atoms with van der Waals surface area (Å²) in [4.78, 5) is 13.7. The van der Waals surface area contributed by atoms with Crippen LogP contribution >= 0.6 is 0 Å². The van der Waals surface area contributed by atoms with Crippen LogP contribution < -0.4 is 5.73 Å². The molecule has 1 aromatic carbocycles. The number of nitrogens with two attached hydrogens (primary N) is 1. The smallest absolute Gasteiger partial charge is 0.271 e. The van der Waals surface area contributed by atoms with Crippen LogP contribution in [-0.4, -0.2) is 39.8 Å². The van der Waals surface area contributed by atoms with Gasteiger partial charge in [-0.15, -0.1) is 0 Å². The molecule has 0 unspecified atom stereocenters. The van der Waals surface area contributed by atoms with E-state index in [9.17, 15) is 4.79 Å². The number of rotatable bonds is 7. The van der Waals surface area contributed by atoms with Crippen LogP contribution in [0.3, 0.4) is 0 Å². The molecule has 0 aliphatic heterocycles. The SMILES string of the molecule is CCCCN(C)Cc1ccccc1-c1n[nH]nc1C(N)=O. The normalized spacial score (nSPS) is 11.0. The second-order valence-corrected chi connectivity index (χ2v) is 5.13. The molecule has 0 aliphatic carbocycles. The first-order chi connectivity index (χ1) is 10.1. The van der Waals surface area contributed by atoms with E-state index < -0.39 is 5.91 Å². The van der Waals surface area contributed by atoms with Crippen molar-refractivity contribution in [3.05, 3.63) is 35.5 Å². The molecule has 1 aromatic heterocycles. The standard InChI is InChI=1S/C15H21N5O/c1-3-4-9-20(2)10-11-7-5-6-8-12(11)13-14(15(16)21)18-19-17-13/h5-8H,3-4,9-10H2,1-2H3,(H2,16,21)(H,17,18,19). The molecular formula is C15H21N5O. The van der Waals surface area contributed by atoms with E-state index in [2.05, 4.69) is 34.3 Å². The Morgan fingerprint density at radius 3 is 2.81 bits per heavy atom. The van der Waals surface area contributed by atoms with Crippen molar-refractivity contribution in [2.45, 2.75) is 26.3 Å². The van der Waals surface area contributed by atoms with Crippen LogP contribution in [-0.2, 0) is 6.54 Å². The maximum atomic E-state index is 11.4. The number of carbonyl (C=O) groups is 1. The summed E-state index contributed by atoms with van der Waals surface area (Å²) < 4.78 is 0. The zero-order chi connectivity index (χ0) is 15.2. The van der Waals surface area contributed by atoms with Crippen molar-refractivity contribution in [1.29, 1.82) is 0 Å². The average molecular weight is 287 g/mol. The van der Waals surface area contributed by atoms with Gasteiger partial charge in [0.1, 0.15) is 5.69 Å². The molecular weight excluding hydrogens is 266 g/mol. The van der Waals surface area contributed by atoms with Crippen LogP contribution in [0.1, 0.15) is 35.8 Å². The van der Waals surface area contributed by atoms with Crippen LogP contribution in [0.25, 0.3) is 11.3 Å². The van der Waals surface area contributed by atoms with E-state index in [1.807, 2.05) is 24.3 Å². The van der Waals surface area contributed by atoms with E-state index in [-0.39, 0.29) is 5.69 Å². The van der Waals surface area contributed by atoms with Gasteiger partial charge in [0.2, 0.25) is 0 Å². The number of hydrogen-bond acceptors (Lipinski definition) is 4. The van der Waals surface area contributed by atoms with Crippen molar-refractivity contribution in [2.75, 3.05) is 13.6 Å². The van der Waals surface area contributed by atoms with E-state index in [1.54, 1.807) is 0 Å². The van der Waals surface area contributed by atoms with Gasteiger partial charge in [-0.05, 0) is 25.6 Å². The topological polar surface area (TPSA) is 87.9 Å². The second-order valence-electron chi connectivity index (χ2n) is 5.13. The number of benzene rings is 1. The summed E-state index contributed by atoms with van der Waals surface area (Å²) in [6.07, 6.45) is 2.33. The van der Waals surface area contributed by atoms with Crippen molar-refractivity contribution in [1.82, 2.24) is 20.3 Å². The fourth-order valence-corrected chi connectivity index (χ4v) is 2.28. The summed E-state index contributed by atoms with van der Waals surface area (Å²) >= 11 is 0.